The van der Waals surface area contributed by atoms with E-state index in [0.717, 1.165) is 6.42 Å². The van der Waals surface area contributed by atoms with Gasteiger partial charge in [0.2, 0.25) is 5.17 Å². The summed E-state index contributed by atoms with van der Waals surface area (Å²) in [6.07, 6.45) is 0.874. The summed E-state index contributed by atoms with van der Waals surface area (Å²) in [5.41, 5.74) is 7.03. The Bertz CT molecular complexity index is 529. The number of amidine groups is 1. The molecule has 1 saturated heterocycles. The number of nitrogens with one attached hydrogen (secondary N) is 1. The Balaban J connectivity index is 2.08. The number of benzene rings is 1. The molecule has 0 saturated carbocycles. The summed E-state index contributed by atoms with van der Waals surface area (Å²) in [4.78, 5) is 25.7. The molecule has 0 aromatic heterocycles. The first-order chi connectivity index (χ1) is 9.10. The molecular formula is C11H11N4O3S. The fraction of sp³-hybridized carbons (Fsp3) is 0.273. The number of nitrogens with zero attached hydrogens (tertiary/aromatic N) is 3. The molecule has 1 N–H and O–H groups in total. The zero-order valence-electron chi connectivity index (χ0n) is 10.1. The van der Waals surface area contributed by atoms with Crippen molar-refractivity contribution in [1.82, 2.24) is 10.9 Å². The van der Waals surface area contributed by atoms with Crippen molar-refractivity contribution in [3.8, 4) is 0 Å². The molecule has 1 atom stereocenters. The maximum atomic E-state index is 11.8. The van der Waals surface area contributed by atoms with Crippen molar-refractivity contribution in [2.45, 2.75) is 18.7 Å². The summed E-state index contributed by atoms with van der Waals surface area (Å²) in [7, 11) is 0. The number of nitro groups is 1. The van der Waals surface area contributed by atoms with Crippen LogP contribution in [0, 0.1) is 10.1 Å². The number of non-ortho nitro benzene ring substituents is 1. The van der Waals surface area contributed by atoms with E-state index in [-0.39, 0.29) is 11.1 Å². The fourth-order valence-electron chi connectivity index (χ4n) is 1.41. The van der Waals surface area contributed by atoms with Gasteiger partial charge in [0, 0.05) is 17.7 Å². The highest BCUT2D eigenvalue weighted by Gasteiger charge is 2.21. The van der Waals surface area contributed by atoms with Crippen LogP contribution in [0.1, 0.15) is 23.7 Å². The van der Waals surface area contributed by atoms with Crippen molar-refractivity contribution in [2.24, 2.45) is 4.99 Å². The normalized spacial score (nSPS) is 20.3. The van der Waals surface area contributed by atoms with Crippen molar-refractivity contribution < 1.29 is 9.72 Å². The fourth-order valence-corrected chi connectivity index (χ4v) is 2.18. The van der Waals surface area contributed by atoms with Crippen LogP contribution in [0.3, 0.4) is 0 Å². The second-order valence-electron chi connectivity index (χ2n) is 3.76. The highest BCUT2D eigenvalue weighted by Crippen LogP contribution is 2.19. The average Bonchev–Trinajstić information content (AvgIpc) is 2.86. The van der Waals surface area contributed by atoms with Gasteiger partial charge in [0.25, 0.3) is 11.6 Å². The maximum absolute atomic E-state index is 11.8. The molecular weight excluding hydrogens is 268 g/mol. The van der Waals surface area contributed by atoms with Crippen molar-refractivity contribution >= 4 is 28.5 Å². The van der Waals surface area contributed by atoms with Crippen LogP contribution in [0.15, 0.2) is 29.3 Å². The van der Waals surface area contributed by atoms with Gasteiger partial charge in [-0.3, -0.25) is 14.9 Å². The van der Waals surface area contributed by atoms with Gasteiger partial charge in [-0.15, -0.1) is 0 Å². The molecule has 1 aliphatic heterocycles. The number of thioether (sulfide) groups is 1. The van der Waals surface area contributed by atoms with E-state index in [1.165, 1.54) is 36.0 Å². The SMILES string of the molecule is CCC1N[N]C(=NC(=O)c2ccc([N+](=O)[O-])cc2)S1. The molecule has 7 nitrogen and oxygen atoms in total. The summed E-state index contributed by atoms with van der Waals surface area (Å²) in [5.74, 6) is -0.459. The molecule has 1 aliphatic rings. The lowest BCUT2D eigenvalue weighted by molar-refractivity contribution is -0.384. The molecule has 19 heavy (non-hydrogen) atoms. The van der Waals surface area contributed by atoms with E-state index in [1.807, 2.05) is 6.92 Å². The van der Waals surface area contributed by atoms with Gasteiger partial charge < -0.3 is 0 Å². The van der Waals surface area contributed by atoms with E-state index < -0.39 is 10.8 Å². The summed E-state index contributed by atoms with van der Waals surface area (Å²) < 4.78 is 0. The van der Waals surface area contributed by atoms with Gasteiger partial charge in [0.15, 0.2) is 0 Å². The molecule has 1 unspecified atom stereocenters. The zero-order chi connectivity index (χ0) is 13.8. The number of hydrogen-bond acceptors (Lipinski definition) is 5. The van der Waals surface area contributed by atoms with Gasteiger partial charge in [-0.05, 0) is 18.6 Å². The standard InChI is InChI=1S/C11H11N4O3S/c1-2-9-13-14-11(19-9)12-10(16)7-3-5-8(6-4-7)15(17)18/h3-6,9,13H,2H2,1H3. The first-order valence-electron chi connectivity index (χ1n) is 5.60. The Hall–Kier alpha value is -1.93. The van der Waals surface area contributed by atoms with E-state index in [2.05, 4.69) is 15.8 Å². The Morgan fingerprint density at radius 1 is 1.53 bits per heavy atom. The number of rotatable bonds is 3. The van der Waals surface area contributed by atoms with Crippen molar-refractivity contribution in [2.75, 3.05) is 0 Å². The molecule has 1 radical (unpaired) electrons. The predicted molar refractivity (Wildman–Crippen MR) is 71.8 cm³/mol. The maximum Gasteiger partial charge on any atom is 0.279 e. The highest BCUT2D eigenvalue weighted by molar-refractivity contribution is 8.14. The van der Waals surface area contributed by atoms with E-state index in [1.54, 1.807) is 0 Å². The molecule has 1 amide bonds. The van der Waals surface area contributed by atoms with Gasteiger partial charge in [-0.2, -0.15) is 15.8 Å². The first-order valence-corrected chi connectivity index (χ1v) is 6.48. The van der Waals surface area contributed by atoms with Crippen LogP contribution >= 0.6 is 11.8 Å². The van der Waals surface area contributed by atoms with Crippen LogP contribution in [-0.2, 0) is 0 Å². The molecule has 8 heteroatoms. The third-order valence-corrected chi connectivity index (χ3v) is 3.56. The van der Waals surface area contributed by atoms with E-state index in [4.69, 9.17) is 0 Å². The molecule has 1 aromatic rings. The third-order valence-electron chi connectivity index (χ3n) is 2.44. The summed E-state index contributed by atoms with van der Waals surface area (Å²) in [5, 5.41) is 11.0. The minimum Gasteiger partial charge on any atom is -0.267 e. The topological polar surface area (TPSA) is 98.7 Å². The lowest BCUT2D eigenvalue weighted by Gasteiger charge is -1.98. The van der Waals surface area contributed by atoms with E-state index in [9.17, 15) is 14.9 Å². The number of nitro benzene ring substituents is 1. The molecule has 1 heterocycles. The lowest BCUT2D eigenvalue weighted by Crippen LogP contribution is -2.24. The van der Waals surface area contributed by atoms with Crippen LogP contribution in [-0.4, -0.2) is 21.4 Å². The largest absolute Gasteiger partial charge is 0.279 e. The molecule has 0 bridgehead atoms. The van der Waals surface area contributed by atoms with Crippen LogP contribution in [0.4, 0.5) is 5.69 Å². The molecule has 0 aliphatic carbocycles. The van der Waals surface area contributed by atoms with Crippen molar-refractivity contribution in [1.29, 1.82) is 0 Å². The molecule has 0 spiro atoms. The second-order valence-corrected chi connectivity index (χ2v) is 4.93. The van der Waals surface area contributed by atoms with Crippen LogP contribution < -0.4 is 10.9 Å². The highest BCUT2D eigenvalue weighted by atomic mass is 32.2. The number of hydrogen-bond donors (Lipinski definition) is 1. The van der Waals surface area contributed by atoms with Crippen molar-refractivity contribution in [3.05, 3.63) is 39.9 Å². The Labute approximate surface area is 113 Å². The molecule has 1 fully saturated rings. The zero-order valence-corrected chi connectivity index (χ0v) is 10.9. The molecule has 2 rings (SSSR count). The summed E-state index contributed by atoms with van der Waals surface area (Å²) in [6.45, 7) is 2.00. The quantitative estimate of drug-likeness (QED) is 0.670. The summed E-state index contributed by atoms with van der Waals surface area (Å²) in [6, 6.07) is 5.32. The average molecular weight is 279 g/mol. The third kappa shape index (κ3) is 3.30. The number of amides is 1. The Morgan fingerprint density at radius 2 is 2.21 bits per heavy atom. The van der Waals surface area contributed by atoms with Crippen LogP contribution in [0.2, 0.25) is 0 Å². The molecule has 99 valence electrons. The van der Waals surface area contributed by atoms with Gasteiger partial charge in [0.05, 0.1) is 10.3 Å². The van der Waals surface area contributed by atoms with E-state index in [0.29, 0.717) is 10.7 Å². The van der Waals surface area contributed by atoms with Gasteiger partial charge in [0.1, 0.15) is 0 Å². The van der Waals surface area contributed by atoms with Crippen LogP contribution in [0.25, 0.3) is 0 Å². The van der Waals surface area contributed by atoms with E-state index >= 15 is 0 Å². The monoisotopic (exact) mass is 279 g/mol. The number of aliphatic imine (C=N–C) groups is 1. The minimum atomic E-state index is -0.516. The van der Waals surface area contributed by atoms with Gasteiger partial charge >= 0.3 is 0 Å². The predicted octanol–water partition coefficient (Wildman–Crippen LogP) is 1.68. The smallest absolute Gasteiger partial charge is 0.267 e. The molecule has 1 aromatic carbocycles. The first kappa shape index (κ1) is 13.5. The van der Waals surface area contributed by atoms with Gasteiger partial charge in [-0.25, -0.2) is 0 Å². The Kier molecular flexibility index (Phi) is 4.13. The number of carbonyl (C=O) groups is 1. The van der Waals surface area contributed by atoms with Gasteiger partial charge in [-0.1, -0.05) is 18.7 Å². The Morgan fingerprint density at radius 3 is 2.74 bits per heavy atom. The second kappa shape index (κ2) is 5.81. The lowest BCUT2D eigenvalue weighted by atomic mass is 10.2. The summed E-state index contributed by atoms with van der Waals surface area (Å²) >= 11 is 1.38. The van der Waals surface area contributed by atoms with Crippen molar-refractivity contribution in [3.63, 3.8) is 0 Å². The van der Waals surface area contributed by atoms with Crippen LogP contribution in [0.5, 0.6) is 0 Å². The number of carbonyl (C=O) groups excluding carboxylic acids is 1. The minimum absolute atomic E-state index is 0.0585.